The highest BCUT2D eigenvalue weighted by Crippen LogP contribution is 2.11. The zero-order valence-corrected chi connectivity index (χ0v) is 9.43. The van der Waals surface area contributed by atoms with Crippen LogP contribution in [0.3, 0.4) is 0 Å². The van der Waals surface area contributed by atoms with Crippen LogP contribution in [0.25, 0.3) is 0 Å². The van der Waals surface area contributed by atoms with Gasteiger partial charge >= 0.3 is 5.97 Å². The highest BCUT2D eigenvalue weighted by Gasteiger charge is 2.23. The minimum absolute atomic E-state index is 0.197. The van der Waals surface area contributed by atoms with Crippen LogP contribution in [0.15, 0.2) is 11.1 Å². The number of esters is 1. The first-order valence-corrected chi connectivity index (χ1v) is 4.86. The molecule has 1 unspecified atom stereocenters. The smallest absolute Gasteiger partial charge is 0.316 e. The highest BCUT2D eigenvalue weighted by atomic mass is 35.5. The van der Waals surface area contributed by atoms with E-state index in [0.29, 0.717) is 11.5 Å². The second kappa shape index (κ2) is 6.60. The number of allylic oxidation sites excluding steroid dienone is 2. The zero-order valence-electron chi connectivity index (χ0n) is 8.67. The average molecular weight is 219 g/mol. The van der Waals surface area contributed by atoms with Gasteiger partial charge in [0.1, 0.15) is 11.7 Å². The Kier molecular flexibility index (Phi) is 6.21. The van der Waals surface area contributed by atoms with Crippen LogP contribution in [-0.2, 0) is 14.3 Å². The van der Waals surface area contributed by atoms with Crippen molar-refractivity contribution in [1.29, 1.82) is 0 Å². The molecule has 0 aromatic carbocycles. The molecule has 0 radical (unpaired) electrons. The molecule has 4 heteroatoms. The average Bonchev–Trinajstić information content (AvgIpc) is 2.03. The standard InChI is InChI=1S/C10H15ClO3/c1-4-14-10(13)9(8(3)12)6-5-7(2)11/h5,9H,4,6H2,1-3H3/b7-5-. The summed E-state index contributed by atoms with van der Waals surface area (Å²) in [6, 6.07) is 0. The van der Waals surface area contributed by atoms with Crippen LogP contribution in [0.2, 0.25) is 0 Å². The van der Waals surface area contributed by atoms with Crippen LogP contribution < -0.4 is 0 Å². The van der Waals surface area contributed by atoms with Crippen LogP contribution in [-0.4, -0.2) is 18.4 Å². The van der Waals surface area contributed by atoms with Gasteiger partial charge in [0.2, 0.25) is 0 Å². The van der Waals surface area contributed by atoms with Gasteiger partial charge in [-0.2, -0.15) is 0 Å². The Morgan fingerprint density at radius 1 is 1.43 bits per heavy atom. The van der Waals surface area contributed by atoms with Gasteiger partial charge in [0.15, 0.2) is 0 Å². The van der Waals surface area contributed by atoms with E-state index >= 15 is 0 Å². The molecule has 0 rings (SSSR count). The van der Waals surface area contributed by atoms with Gasteiger partial charge < -0.3 is 4.74 Å². The molecule has 0 aliphatic heterocycles. The van der Waals surface area contributed by atoms with Crippen molar-refractivity contribution in [2.45, 2.75) is 27.2 Å². The molecule has 0 amide bonds. The second-order valence-electron chi connectivity index (χ2n) is 2.94. The van der Waals surface area contributed by atoms with Crippen LogP contribution in [0, 0.1) is 5.92 Å². The molecule has 80 valence electrons. The Labute approximate surface area is 89.1 Å². The lowest BCUT2D eigenvalue weighted by molar-refractivity contribution is -0.150. The van der Waals surface area contributed by atoms with Gasteiger partial charge in [0.25, 0.3) is 0 Å². The lowest BCUT2D eigenvalue weighted by Gasteiger charge is -2.09. The Bertz CT molecular complexity index is 242. The first-order valence-electron chi connectivity index (χ1n) is 4.48. The first kappa shape index (κ1) is 13.2. The van der Waals surface area contributed by atoms with Crippen molar-refractivity contribution in [1.82, 2.24) is 0 Å². The number of carbonyl (C=O) groups excluding carboxylic acids is 2. The third-order valence-corrected chi connectivity index (χ3v) is 1.85. The maximum atomic E-state index is 11.3. The van der Waals surface area contributed by atoms with Gasteiger partial charge in [-0.05, 0) is 27.2 Å². The fourth-order valence-electron chi connectivity index (χ4n) is 0.951. The fraction of sp³-hybridized carbons (Fsp3) is 0.600. The summed E-state index contributed by atoms with van der Waals surface area (Å²) in [6.45, 7) is 5.06. The molecule has 0 N–H and O–H groups in total. The number of Topliss-reactive ketones (excluding diaryl/α,β-unsaturated/α-hetero) is 1. The SMILES string of the molecule is CCOC(=O)C(C/C=C(/C)Cl)C(C)=O. The van der Waals surface area contributed by atoms with Crippen LogP contribution >= 0.6 is 11.6 Å². The highest BCUT2D eigenvalue weighted by molar-refractivity contribution is 6.29. The summed E-state index contributed by atoms with van der Waals surface area (Å²) in [4.78, 5) is 22.4. The van der Waals surface area contributed by atoms with Crippen molar-refractivity contribution in [2.75, 3.05) is 6.61 Å². The van der Waals surface area contributed by atoms with Crippen molar-refractivity contribution in [3.8, 4) is 0 Å². The molecule has 0 heterocycles. The van der Waals surface area contributed by atoms with Gasteiger partial charge in [0.05, 0.1) is 6.61 Å². The number of halogens is 1. The second-order valence-corrected chi connectivity index (χ2v) is 3.54. The van der Waals surface area contributed by atoms with E-state index in [1.165, 1.54) is 6.92 Å². The first-order chi connectivity index (χ1) is 6.49. The molecule has 0 aliphatic carbocycles. The van der Waals surface area contributed by atoms with Gasteiger partial charge in [-0.3, -0.25) is 9.59 Å². The maximum Gasteiger partial charge on any atom is 0.316 e. The Balaban J connectivity index is 4.37. The van der Waals surface area contributed by atoms with E-state index in [4.69, 9.17) is 16.3 Å². The van der Waals surface area contributed by atoms with E-state index in [1.54, 1.807) is 19.9 Å². The lowest BCUT2D eigenvalue weighted by atomic mass is 10.0. The van der Waals surface area contributed by atoms with Crippen LogP contribution in [0.5, 0.6) is 0 Å². The molecule has 3 nitrogen and oxygen atoms in total. The minimum Gasteiger partial charge on any atom is -0.465 e. The molecule has 14 heavy (non-hydrogen) atoms. The van der Waals surface area contributed by atoms with Crippen LogP contribution in [0.4, 0.5) is 0 Å². The molecular weight excluding hydrogens is 204 g/mol. The van der Waals surface area contributed by atoms with E-state index in [-0.39, 0.29) is 12.4 Å². The molecule has 0 aromatic rings. The lowest BCUT2D eigenvalue weighted by Crippen LogP contribution is -2.23. The van der Waals surface area contributed by atoms with E-state index in [0.717, 1.165) is 0 Å². The van der Waals surface area contributed by atoms with Crippen molar-refractivity contribution in [2.24, 2.45) is 5.92 Å². The zero-order chi connectivity index (χ0) is 11.1. The van der Waals surface area contributed by atoms with E-state index in [2.05, 4.69) is 0 Å². The molecule has 0 bridgehead atoms. The van der Waals surface area contributed by atoms with E-state index in [1.807, 2.05) is 0 Å². The summed E-state index contributed by atoms with van der Waals surface area (Å²) in [5.41, 5.74) is 0. The van der Waals surface area contributed by atoms with Gasteiger partial charge in [0, 0.05) is 5.03 Å². The number of ether oxygens (including phenoxy) is 1. The Hall–Kier alpha value is -0.830. The number of rotatable bonds is 5. The molecule has 0 aromatic heterocycles. The van der Waals surface area contributed by atoms with Crippen molar-refractivity contribution in [3.63, 3.8) is 0 Å². The van der Waals surface area contributed by atoms with E-state index < -0.39 is 11.9 Å². The monoisotopic (exact) mass is 218 g/mol. The summed E-state index contributed by atoms with van der Waals surface area (Å²) in [7, 11) is 0. The quantitative estimate of drug-likeness (QED) is 0.525. The molecule has 0 spiro atoms. The molecule has 0 aliphatic rings. The molecule has 0 saturated carbocycles. The Morgan fingerprint density at radius 2 is 2.00 bits per heavy atom. The predicted octanol–water partition coefficient (Wildman–Crippen LogP) is 2.29. The third-order valence-electron chi connectivity index (χ3n) is 1.70. The number of ketones is 1. The number of hydrogen-bond donors (Lipinski definition) is 0. The van der Waals surface area contributed by atoms with Gasteiger partial charge in [-0.15, -0.1) is 0 Å². The van der Waals surface area contributed by atoms with Gasteiger partial charge in [-0.1, -0.05) is 17.7 Å². The molecular formula is C10H15ClO3. The minimum atomic E-state index is -0.719. The summed E-state index contributed by atoms with van der Waals surface area (Å²) < 4.78 is 4.77. The maximum absolute atomic E-state index is 11.3. The third kappa shape index (κ3) is 5.02. The summed E-state index contributed by atoms with van der Waals surface area (Å²) >= 11 is 5.61. The summed E-state index contributed by atoms with van der Waals surface area (Å²) in [5, 5.41) is 0.570. The van der Waals surface area contributed by atoms with Crippen molar-refractivity contribution in [3.05, 3.63) is 11.1 Å². The van der Waals surface area contributed by atoms with Crippen LogP contribution in [0.1, 0.15) is 27.2 Å². The van der Waals surface area contributed by atoms with E-state index in [9.17, 15) is 9.59 Å². The molecule has 0 fully saturated rings. The molecule has 0 saturated heterocycles. The largest absolute Gasteiger partial charge is 0.465 e. The molecule has 1 atom stereocenters. The number of carbonyl (C=O) groups is 2. The Morgan fingerprint density at radius 3 is 2.36 bits per heavy atom. The summed E-state index contributed by atoms with van der Waals surface area (Å²) in [6.07, 6.45) is 1.95. The van der Waals surface area contributed by atoms with Crippen molar-refractivity contribution >= 4 is 23.4 Å². The predicted molar refractivity (Wildman–Crippen MR) is 55.0 cm³/mol. The van der Waals surface area contributed by atoms with Crippen molar-refractivity contribution < 1.29 is 14.3 Å². The van der Waals surface area contributed by atoms with Gasteiger partial charge in [-0.25, -0.2) is 0 Å². The topological polar surface area (TPSA) is 43.4 Å². The normalized spacial score (nSPS) is 13.6. The summed E-state index contributed by atoms with van der Waals surface area (Å²) in [5.74, 6) is -1.39. The fourth-order valence-corrected chi connectivity index (χ4v) is 1.04. The number of hydrogen-bond acceptors (Lipinski definition) is 3.